The molecule has 2 nitrogen and oxygen atoms in total. The maximum absolute atomic E-state index is 14.0. The lowest BCUT2D eigenvalue weighted by molar-refractivity contribution is 0.187. The molecule has 1 aromatic carbocycles. The van der Waals surface area contributed by atoms with Gasteiger partial charge < -0.3 is 10.1 Å². The molecular weight excluding hydrogens is 277 g/mol. The van der Waals surface area contributed by atoms with Gasteiger partial charge in [0.25, 0.3) is 0 Å². The smallest absolute Gasteiger partial charge is 0.127 e. The van der Waals surface area contributed by atoms with Crippen molar-refractivity contribution in [3.63, 3.8) is 0 Å². The molecule has 2 rings (SSSR count). The Bertz CT molecular complexity index is 450. The summed E-state index contributed by atoms with van der Waals surface area (Å²) >= 11 is 5.82. The number of rotatable bonds is 8. The Morgan fingerprint density at radius 2 is 2.20 bits per heavy atom. The Kier molecular flexibility index (Phi) is 5.42. The molecule has 1 unspecified atom stereocenters. The average molecular weight is 300 g/mol. The molecule has 0 saturated heterocycles. The normalized spacial score (nSPS) is 18.0. The van der Waals surface area contributed by atoms with E-state index in [1.807, 2.05) is 6.07 Å². The van der Waals surface area contributed by atoms with Gasteiger partial charge in [0, 0.05) is 25.2 Å². The second-order valence-corrected chi connectivity index (χ2v) is 6.45. The Morgan fingerprint density at radius 1 is 1.45 bits per heavy atom. The predicted molar refractivity (Wildman–Crippen MR) is 80.7 cm³/mol. The molecule has 20 heavy (non-hydrogen) atoms. The number of methoxy groups -OCH3 is 1. The van der Waals surface area contributed by atoms with Gasteiger partial charge in [-0.05, 0) is 48.3 Å². The van der Waals surface area contributed by atoms with Gasteiger partial charge in [0.05, 0.1) is 6.61 Å². The lowest BCUT2D eigenvalue weighted by Gasteiger charge is -2.30. The van der Waals surface area contributed by atoms with Gasteiger partial charge in [0.2, 0.25) is 0 Å². The van der Waals surface area contributed by atoms with Crippen molar-refractivity contribution in [1.29, 1.82) is 0 Å². The molecule has 112 valence electrons. The molecule has 0 spiro atoms. The van der Waals surface area contributed by atoms with Crippen molar-refractivity contribution in [3.8, 4) is 0 Å². The molecule has 1 aliphatic rings. The number of ether oxygens (including phenoxy) is 1. The van der Waals surface area contributed by atoms with Crippen LogP contribution >= 0.6 is 11.6 Å². The Labute approximate surface area is 125 Å². The highest BCUT2D eigenvalue weighted by Gasteiger charge is 2.41. The minimum Gasteiger partial charge on any atom is -0.383 e. The topological polar surface area (TPSA) is 21.3 Å². The monoisotopic (exact) mass is 299 g/mol. The minimum atomic E-state index is -0.193. The van der Waals surface area contributed by atoms with Crippen molar-refractivity contribution in [2.24, 2.45) is 11.3 Å². The number of benzene rings is 1. The van der Waals surface area contributed by atoms with Crippen molar-refractivity contribution >= 4 is 11.6 Å². The van der Waals surface area contributed by atoms with Crippen LogP contribution in [0.2, 0.25) is 5.02 Å². The summed E-state index contributed by atoms with van der Waals surface area (Å²) < 4.78 is 19.0. The third kappa shape index (κ3) is 4.18. The Hall–Kier alpha value is -0.640. The van der Waals surface area contributed by atoms with Crippen LogP contribution in [0.5, 0.6) is 0 Å². The van der Waals surface area contributed by atoms with Crippen LogP contribution in [-0.2, 0) is 11.2 Å². The van der Waals surface area contributed by atoms with Crippen molar-refractivity contribution in [3.05, 3.63) is 34.6 Å². The second-order valence-electron chi connectivity index (χ2n) is 6.01. The number of halogens is 2. The van der Waals surface area contributed by atoms with E-state index in [9.17, 15) is 4.39 Å². The van der Waals surface area contributed by atoms with Crippen LogP contribution in [0.15, 0.2) is 18.2 Å². The minimum absolute atomic E-state index is 0.0996. The van der Waals surface area contributed by atoms with Gasteiger partial charge in [-0.1, -0.05) is 24.6 Å². The van der Waals surface area contributed by atoms with Crippen LogP contribution < -0.4 is 5.32 Å². The van der Waals surface area contributed by atoms with Gasteiger partial charge in [0.1, 0.15) is 5.82 Å². The highest BCUT2D eigenvalue weighted by atomic mass is 35.5. The highest BCUT2D eigenvalue weighted by Crippen LogP contribution is 2.47. The van der Waals surface area contributed by atoms with Gasteiger partial charge in [-0.15, -0.1) is 0 Å². The largest absolute Gasteiger partial charge is 0.383 e. The lowest BCUT2D eigenvalue weighted by Crippen LogP contribution is -2.37. The van der Waals surface area contributed by atoms with E-state index in [1.165, 1.54) is 18.9 Å². The molecule has 1 atom stereocenters. The second kappa shape index (κ2) is 6.88. The summed E-state index contributed by atoms with van der Waals surface area (Å²) in [4.78, 5) is 0. The summed E-state index contributed by atoms with van der Waals surface area (Å²) in [7, 11) is 1.70. The van der Waals surface area contributed by atoms with Gasteiger partial charge in [-0.3, -0.25) is 0 Å². The van der Waals surface area contributed by atoms with Crippen LogP contribution in [0, 0.1) is 17.2 Å². The fraction of sp³-hybridized carbons (Fsp3) is 0.625. The van der Waals surface area contributed by atoms with Crippen molar-refractivity contribution < 1.29 is 9.13 Å². The summed E-state index contributed by atoms with van der Waals surface area (Å²) in [5.74, 6) is 0.494. The zero-order chi connectivity index (χ0) is 14.6. The zero-order valence-corrected chi connectivity index (χ0v) is 13.0. The molecule has 0 aliphatic heterocycles. The van der Waals surface area contributed by atoms with E-state index in [2.05, 4.69) is 12.2 Å². The molecule has 0 bridgehead atoms. The third-order valence-electron chi connectivity index (χ3n) is 4.18. The maximum atomic E-state index is 14.0. The molecule has 4 heteroatoms. The summed E-state index contributed by atoms with van der Waals surface area (Å²) in [5, 5.41) is 3.88. The first-order valence-corrected chi connectivity index (χ1v) is 7.56. The molecule has 1 saturated carbocycles. The van der Waals surface area contributed by atoms with Crippen molar-refractivity contribution in [1.82, 2.24) is 5.32 Å². The van der Waals surface area contributed by atoms with Crippen LogP contribution in [-0.4, -0.2) is 26.8 Å². The average Bonchev–Trinajstić information content (AvgIpc) is 3.23. The fourth-order valence-electron chi connectivity index (χ4n) is 2.78. The first-order valence-electron chi connectivity index (χ1n) is 7.19. The molecule has 1 aromatic rings. The first-order chi connectivity index (χ1) is 9.55. The van der Waals surface area contributed by atoms with Crippen LogP contribution in [0.4, 0.5) is 4.39 Å². The SMILES string of the molecule is COCCNCC(C)(Cc1ccc(Cl)cc1F)C1CC1. The summed E-state index contributed by atoms with van der Waals surface area (Å²) in [5.41, 5.74) is 0.861. The maximum Gasteiger partial charge on any atom is 0.127 e. The number of nitrogens with one attached hydrogen (secondary N) is 1. The van der Waals surface area contributed by atoms with E-state index >= 15 is 0 Å². The van der Waals surface area contributed by atoms with Gasteiger partial charge in [0.15, 0.2) is 0 Å². The zero-order valence-electron chi connectivity index (χ0n) is 12.2. The van der Waals surface area contributed by atoms with Crippen LogP contribution in [0.3, 0.4) is 0 Å². The molecule has 0 amide bonds. The molecular formula is C16H23ClFNO. The van der Waals surface area contributed by atoms with E-state index in [4.69, 9.17) is 16.3 Å². The van der Waals surface area contributed by atoms with Gasteiger partial charge in [-0.25, -0.2) is 4.39 Å². The van der Waals surface area contributed by atoms with E-state index in [1.54, 1.807) is 13.2 Å². The summed E-state index contributed by atoms with van der Waals surface area (Å²) in [6.07, 6.45) is 3.25. The highest BCUT2D eigenvalue weighted by molar-refractivity contribution is 6.30. The number of hydrogen-bond donors (Lipinski definition) is 1. The molecule has 1 fully saturated rings. The van der Waals surface area contributed by atoms with E-state index in [0.29, 0.717) is 17.5 Å². The van der Waals surface area contributed by atoms with Crippen molar-refractivity contribution in [2.75, 3.05) is 26.8 Å². The van der Waals surface area contributed by atoms with E-state index in [-0.39, 0.29) is 11.2 Å². The first kappa shape index (κ1) is 15.7. The van der Waals surface area contributed by atoms with Crippen LogP contribution in [0.25, 0.3) is 0 Å². The Morgan fingerprint density at radius 3 is 2.80 bits per heavy atom. The van der Waals surface area contributed by atoms with Gasteiger partial charge >= 0.3 is 0 Å². The Balaban J connectivity index is 2.00. The lowest BCUT2D eigenvalue weighted by atomic mass is 9.78. The van der Waals surface area contributed by atoms with Crippen LogP contribution in [0.1, 0.15) is 25.3 Å². The van der Waals surface area contributed by atoms with Gasteiger partial charge in [-0.2, -0.15) is 0 Å². The van der Waals surface area contributed by atoms with Crippen molar-refractivity contribution in [2.45, 2.75) is 26.2 Å². The quantitative estimate of drug-likeness (QED) is 0.740. The predicted octanol–water partition coefficient (Wildman–Crippen LogP) is 3.67. The standard InChI is InChI=1S/C16H23ClFNO/c1-16(13-4-5-13,11-19-7-8-20-2)10-12-3-6-14(17)9-15(12)18/h3,6,9,13,19H,4-5,7-8,10-11H2,1-2H3. The summed E-state index contributed by atoms with van der Waals surface area (Å²) in [6, 6.07) is 4.99. The third-order valence-corrected chi connectivity index (χ3v) is 4.42. The van der Waals surface area contributed by atoms with E-state index < -0.39 is 0 Å². The summed E-state index contributed by atoms with van der Waals surface area (Å²) in [6.45, 7) is 4.68. The molecule has 0 aromatic heterocycles. The van der Waals surface area contributed by atoms with E-state index in [0.717, 1.165) is 25.1 Å². The molecule has 1 aliphatic carbocycles. The molecule has 1 N–H and O–H groups in total. The molecule has 0 heterocycles. The fourth-order valence-corrected chi connectivity index (χ4v) is 2.94. The number of hydrogen-bond acceptors (Lipinski definition) is 2. The molecule has 0 radical (unpaired) electrons.